The van der Waals surface area contributed by atoms with Crippen LogP contribution in [0.3, 0.4) is 0 Å². The zero-order valence-electron chi connectivity index (χ0n) is 19.4. The lowest BCUT2D eigenvalue weighted by molar-refractivity contribution is -0.0947. The van der Waals surface area contributed by atoms with E-state index in [2.05, 4.69) is 5.32 Å². The first-order chi connectivity index (χ1) is 16.7. The number of rotatable bonds is 6. The molecule has 0 aromatic heterocycles. The highest BCUT2D eigenvalue weighted by molar-refractivity contribution is 6.31. The van der Waals surface area contributed by atoms with Crippen molar-refractivity contribution < 1.29 is 14.8 Å². The van der Waals surface area contributed by atoms with Gasteiger partial charge in [0.1, 0.15) is 0 Å². The summed E-state index contributed by atoms with van der Waals surface area (Å²) in [6.45, 7) is 4.04. The number of nitrogens with one attached hydrogen (secondary N) is 1. The van der Waals surface area contributed by atoms with E-state index in [1.165, 1.54) is 4.90 Å². The molecule has 35 heavy (non-hydrogen) atoms. The maximum atomic E-state index is 13.7. The van der Waals surface area contributed by atoms with Crippen LogP contribution in [0.15, 0.2) is 78.9 Å². The molecule has 4 rings (SSSR count). The maximum absolute atomic E-state index is 13.7. The van der Waals surface area contributed by atoms with E-state index < -0.39 is 17.7 Å². The second kappa shape index (κ2) is 10.2. The van der Waals surface area contributed by atoms with Crippen molar-refractivity contribution in [1.82, 2.24) is 9.96 Å². The highest BCUT2D eigenvalue weighted by Gasteiger charge is 2.55. The van der Waals surface area contributed by atoms with E-state index in [-0.39, 0.29) is 6.03 Å². The molecule has 4 amide bonds. The third-order valence-corrected chi connectivity index (χ3v) is 6.55. The molecule has 0 spiro atoms. The predicted molar refractivity (Wildman–Crippen MR) is 138 cm³/mol. The smallest absolute Gasteiger partial charge is 0.315 e. The maximum Gasteiger partial charge on any atom is 0.347 e. The summed E-state index contributed by atoms with van der Waals surface area (Å²) in [5.74, 6) is 0. The molecule has 0 unspecified atom stereocenters. The summed E-state index contributed by atoms with van der Waals surface area (Å²) in [5, 5.41) is 15.2. The van der Waals surface area contributed by atoms with Crippen LogP contribution in [0.2, 0.25) is 10.0 Å². The van der Waals surface area contributed by atoms with Gasteiger partial charge in [0.2, 0.25) is 0 Å². The van der Waals surface area contributed by atoms with Gasteiger partial charge in [0.25, 0.3) is 0 Å². The predicted octanol–water partition coefficient (Wildman–Crippen LogP) is 6.51. The molecule has 1 atom stereocenters. The fourth-order valence-corrected chi connectivity index (χ4v) is 4.72. The summed E-state index contributed by atoms with van der Waals surface area (Å²) >= 11 is 12.2. The summed E-state index contributed by atoms with van der Waals surface area (Å²) < 4.78 is 0. The number of carbonyl (C=O) groups excluding carboxylic acids is 2. The molecular weight excluding hydrogens is 487 g/mol. The molecule has 182 valence electrons. The highest BCUT2D eigenvalue weighted by Crippen LogP contribution is 2.38. The van der Waals surface area contributed by atoms with Crippen LogP contribution in [0.25, 0.3) is 0 Å². The van der Waals surface area contributed by atoms with Crippen LogP contribution in [-0.2, 0) is 6.42 Å². The minimum atomic E-state index is -1.04. The first kappa shape index (κ1) is 24.9. The number of hydroxylamine groups is 2. The summed E-state index contributed by atoms with van der Waals surface area (Å²) in [7, 11) is 0. The van der Waals surface area contributed by atoms with Gasteiger partial charge in [0, 0.05) is 28.0 Å². The third-order valence-electron chi connectivity index (χ3n) is 6.08. The molecule has 3 aromatic carbocycles. The van der Waals surface area contributed by atoms with Crippen molar-refractivity contribution in [2.45, 2.75) is 32.0 Å². The molecule has 0 radical (unpaired) electrons. The normalized spacial score (nSPS) is 16.9. The number of amides is 4. The number of hydrogen-bond donors (Lipinski definition) is 2. The molecule has 3 aromatic rings. The van der Waals surface area contributed by atoms with E-state index in [4.69, 9.17) is 23.2 Å². The Morgan fingerprint density at radius 3 is 2.31 bits per heavy atom. The minimum absolute atomic E-state index is 0.340. The van der Waals surface area contributed by atoms with Gasteiger partial charge < -0.3 is 10.2 Å². The van der Waals surface area contributed by atoms with Gasteiger partial charge in [-0.3, -0.25) is 10.1 Å². The van der Waals surface area contributed by atoms with Crippen molar-refractivity contribution in [1.29, 1.82) is 0 Å². The summed E-state index contributed by atoms with van der Waals surface area (Å²) in [6, 6.07) is 22.0. The molecule has 0 bridgehead atoms. The molecule has 1 aliphatic heterocycles. The zero-order valence-corrected chi connectivity index (χ0v) is 20.9. The van der Waals surface area contributed by atoms with Crippen LogP contribution in [0.1, 0.15) is 19.4 Å². The zero-order chi connectivity index (χ0) is 25.2. The lowest BCUT2D eigenvalue weighted by Gasteiger charge is -2.38. The number of urea groups is 2. The summed E-state index contributed by atoms with van der Waals surface area (Å²) in [4.78, 5) is 29.9. The van der Waals surface area contributed by atoms with Gasteiger partial charge in [-0.05, 0) is 62.2 Å². The van der Waals surface area contributed by atoms with Crippen molar-refractivity contribution in [2.75, 3.05) is 16.8 Å². The van der Waals surface area contributed by atoms with Crippen LogP contribution in [0, 0.1) is 0 Å². The van der Waals surface area contributed by atoms with Crippen molar-refractivity contribution in [3.8, 4) is 0 Å². The fraction of sp³-hybridized carbons (Fsp3) is 0.231. The Labute approximate surface area is 214 Å². The van der Waals surface area contributed by atoms with Gasteiger partial charge in [-0.2, -0.15) is 5.06 Å². The van der Waals surface area contributed by atoms with Crippen LogP contribution in [-0.4, -0.2) is 45.5 Å². The molecule has 2 N–H and O–H groups in total. The van der Waals surface area contributed by atoms with E-state index in [0.29, 0.717) is 39.4 Å². The van der Waals surface area contributed by atoms with Gasteiger partial charge in [0.15, 0.2) is 6.17 Å². The molecular formula is C26H26Cl2N4O3. The molecule has 1 heterocycles. The van der Waals surface area contributed by atoms with E-state index in [1.54, 1.807) is 53.4 Å². The first-order valence-electron chi connectivity index (χ1n) is 11.1. The second-order valence-electron chi connectivity index (χ2n) is 8.83. The average molecular weight is 513 g/mol. The molecule has 9 heteroatoms. The van der Waals surface area contributed by atoms with E-state index >= 15 is 0 Å². The Balaban J connectivity index is 1.66. The van der Waals surface area contributed by atoms with Crippen LogP contribution in [0.5, 0.6) is 0 Å². The number of halogens is 2. The van der Waals surface area contributed by atoms with Crippen molar-refractivity contribution in [3.63, 3.8) is 0 Å². The minimum Gasteiger partial charge on any atom is -0.315 e. The number of carbonyl (C=O) groups is 2. The number of hydrogen-bond acceptors (Lipinski definition) is 3. The average Bonchev–Trinajstić information content (AvgIpc) is 3.02. The lowest BCUT2D eigenvalue weighted by atomic mass is 9.99. The monoisotopic (exact) mass is 512 g/mol. The fourth-order valence-electron chi connectivity index (χ4n) is 4.35. The van der Waals surface area contributed by atoms with Crippen LogP contribution < -0.4 is 10.2 Å². The Bertz CT molecular complexity index is 1220. The third kappa shape index (κ3) is 5.22. The summed E-state index contributed by atoms with van der Waals surface area (Å²) in [6.07, 6.45) is -0.421. The van der Waals surface area contributed by atoms with E-state index in [9.17, 15) is 14.8 Å². The Kier molecular flexibility index (Phi) is 7.21. The standard InChI is InChI=1S/C26H26Cl2N4O3/c1-26(2)23(32(35)24(33)29-21-12-6-10-19(27)16-21)31(22-13-7-11-20(28)17-22)25(34)30(26)15-14-18-8-4-3-5-9-18/h3-13,16-17,23,35H,14-15H2,1-2H3,(H,29,33)/t23-/m0/s1. The van der Waals surface area contributed by atoms with Crippen molar-refractivity contribution in [3.05, 3.63) is 94.5 Å². The summed E-state index contributed by atoms with van der Waals surface area (Å²) in [5.41, 5.74) is 1.01. The van der Waals surface area contributed by atoms with Crippen molar-refractivity contribution >= 4 is 46.6 Å². The highest BCUT2D eigenvalue weighted by atomic mass is 35.5. The molecule has 1 aliphatic rings. The largest absolute Gasteiger partial charge is 0.347 e. The number of nitrogens with zero attached hydrogens (tertiary/aromatic N) is 3. The van der Waals surface area contributed by atoms with Crippen molar-refractivity contribution in [2.24, 2.45) is 0 Å². The first-order valence-corrected chi connectivity index (χ1v) is 11.9. The Morgan fingerprint density at radius 2 is 1.66 bits per heavy atom. The SMILES string of the molecule is CC1(C)[C@H](N(O)C(=O)Nc2cccc(Cl)c2)N(c2cccc(Cl)c2)C(=O)N1CCc1ccccc1. The molecule has 7 nitrogen and oxygen atoms in total. The number of benzene rings is 3. The van der Waals surface area contributed by atoms with Gasteiger partial charge >= 0.3 is 12.1 Å². The Morgan fingerprint density at radius 1 is 1.00 bits per heavy atom. The number of anilines is 2. The van der Waals surface area contributed by atoms with E-state index in [1.807, 2.05) is 44.2 Å². The van der Waals surface area contributed by atoms with Crippen LogP contribution in [0.4, 0.5) is 21.0 Å². The molecule has 1 saturated heterocycles. The lowest BCUT2D eigenvalue weighted by Crippen LogP contribution is -2.58. The van der Waals surface area contributed by atoms with Gasteiger partial charge in [-0.1, -0.05) is 65.7 Å². The van der Waals surface area contributed by atoms with E-state index in [0.717, 1.165) is 5.56 Å². The molecule has 0 aliphatic carbocycles. The quantitative estimate of drug-likeness (QED) is 0.292. The van der Waals surface area contributed by atoms with Gasteiger partial charge in [0.05, 0.1) is 5.54 Å². The molecule has 1 fully saturated rings. The van der Waals surface area contributed by atoms with Gasteiger partial charge in [-0.15, -0.1) is 0 Å². The van der Waals surface area contributed by atoms with Crippen LogP contribution >= 0.6 is 23.2 Å². The topological polar surface area (TPSA) is 76.1 Å². The second-order valence-corrected chi connectivity index (χ2v) is 9.70. The Hall–Kier alpha value is -3.26. The van der Waals surface area contributed by atoms with Gasteiger partial charge in [-0.25, -0.2) is 9.59 Å². The molecule has 0 saturated carbocycles.